The van der Waals surface area contributed by atoms with E-state index in [1.54, 1.807) is 29.4 Å². The van der Waals surface area contributed by atoms with E-state index in [0.29, 0.717) is 21.9 Å². The molecule has 28 heavy (non-hydrogen) atoms. The van der Waals surface area contributed by atoms with Gasteiger partial charge in [0.15, 0.2) is 5.13 Å². The smallest absolute Gasteiger partial charge is 0.253 e. The fourth-order valence-corrected chi connectivity index (χ4v) is 3.73. The maximum Gasteiger partial charge on any atom is 0.253 e. The quantitative estimate of drug-likeness (QED) is 0.447. The highest BCUT2D eigenvalue weighted by atomic mass is 32.1. The Kier molecular flexibility index (Phi) is 5.21. The van der Waals surface area contributed by atoms with Crippen LogP contribution >= 0.6 is 11.3 Å². The number of hydrogen-bond donors (Lipinski definition) is 0. The summed E-state index contributed by atoms with van der Waals surface area (Å²) in [6.45, 7) is 0.327. The second-order valence-electron chi connectivity index (χ2n) is 6.14. The summed E-state index contributed by atoms with van der Waals surface area (Å²) < 4.78 is 14.2. The lowest BCUT2D eigenvalue weighted by Crippen LogP contribution is -2.28. The number of fused-ring (bicyclic) bond motifs is 1. The lowest BCUT2D eigenvalue weighted by molar-refractivity contribution is -0.114. The van der Waals surface area contributed by atoms with Crippen LogP contribution in [0.4, 0.5) is 9.52 Å². The van der Waals surface area contributed by atoms with Gasteiger partial charge in [-0.3, -0.25) is 14.7 Å². The molecular formula is C22H16FN3OS. The van der Waals surface area contributed by atoms with Crippen LogP contribution in [0.2, 0.25) is 0 Å². The van der Waals surface area contributed by atoms with Gasteiger partial charge in [0.2, 0.25) is 0 Å². The van der Waals surface area contributed by atoms with Crippen LogP contribution in [0.5, 0.6) is 0 Å². The molecule has 0 atom stereocenters. The molecule has 0 unspecified atom stereocenters. The zero-order valence-electron chi connectivity index (χ0n) is 14.8. The number of aromatic nitrogens is 2. The number of pyridine rings is 1. The number of rotatable bonds is 5. The van der Waals surface area contributed by atoms with Crippen LogP contribution < -0.4 is 4.90 Å². The molecule has 0 aliphatic carbocycles. The highest BCUT2D eigenvalue weighted by molar-refractivity contribution is 7.22. The molecule has 2 aromatic carbocycles. The van der Waals surface area contributed by atoms with Crippen LogP contribution in [0, 0.1) is 5.82 Å². The Morgan fingerprint density at radius 2 is 1.96 bits per heavy atom. The summed E-state index contributed by atoms with van der Waals surface area (Å²) in [5, 5.41) is 0.521. The van der Waals surface area contributed by atoms with Crippen molar-refractivity contribution < 1.29 is 9.18 Å². The second kappa shape index (κ2) is 8.10. The van der Waals surface area contributed by atoms with E-state index in [9.17, 15) is 9.18 Å². The largest absolute Gasteiger partial charge is 0.280 e. The number of hydrogen-bond acceptors (Lipinski definition) is 4. The van der Waals surface area contributed by atoms with Gasteiger partial charge in [-0.05, 0) is 41.5 Å². The van der Waals surface area contributed by atoms with Crippen LogP contribution in [-0.4, -0.2) is 15.9 Å². The first-order valence-electron chi connectivity index (χ1n) is 8.69. The topological polar surface area (TPSA) is 46.1 Å². The highest BCUT2D eigenvalue weighted by Gasteiger charge is 2.18. The minimum absolute atomic E-state index is 0.202. The molecule has 0 radical (unpaired) electrons. The lowest BCUT2D eigenvalue weighted by atomic mass is 10.2. The van der Waals surface area contributed by atoms with Crippen LogP contribution in [0.3, 0.4) is 0 Å². The van der Waals surface area contributed by atoms with Gasteiger partial charge in [-0.2, -0.15) is 0 Å². The van der Waals surface area contributed by atoms with E-state index in [-0.39, 0.29) is 11.7 Å². The van der Waals surface area contributed by atoms with E-state index in [0.717, 1.165) is 11.1 Å². The van der Waals surface area contributed by atoms with Crippen molar-refractivity contribution >= 4 is 38.7 Å². The minimum Gasteiger partial charge on any atom is -0.280 e. The molecule has 4 aromatic rings. The summed E-state index contributed by atoms with van der Waals surface area (Å²) in [5.41, 5.74) is 2.48. The van der Waals surface area contributed by atoms with Crippen molar-refractivity contribution in [2.75, 3.05) is 4.90 Å². The third-order valence-corrected chi connectivity index (χ3v) is 5.16. The summed E-state index contributed by atoms with van der Waals surface area (Å²) in [6.07, 6.45) is 6.70. The lowest BCUT2D eigenvalue weighted by Gasteiger charge is -2.18. The Balaban J connectivity index is 1.68. The fourth-order valence-electron chi connectivity index (χ4n) is 2.74. The van der Waals surface area contributed by atoms with E-state index in [1.807, 2.05) is 42.5 Å². The van der Waals surface area contributed by atoms with Crippen molar-refractivity contribution in [2.24, 2.45) is 0 Å². The summed E-state index contributed by atoms with van der Waals surface area (Å²) >= 11 is 1.29. The molecule has 0 aliphatic rings. The van der Waals surface area contributed by atoms with Gasteiger partial charge in [-0.15, -0.1) is 0 Å². The number of amides is 1. The van der Waals surface area contributed by atoms with Crippen molar-refractivity contribution in [3.8, 4) is 0 Å². The molecule has 0 spiro atoms. The van der Waals surface area contributed by atoms with Crippen molar-refractivity contribution in [1.82, 2.24) is 9.97 Å². The van der Waals surface area contributed by atoms with Crippen LogP contribution in [0.1, 0.15) is 11.1 Å². The zero-order chi connectivity index (χ0) is 19.3. The number of anilines is 1. The van der Waals surface area contributed by atoms with Crippen molar-refractivity contribution in [3.63, 3.8) is 0 Å². The Morgan fingerprint density at radius 3 is 2.75 bits per heavy atom. The molecule has 0 bridgehead atoms. The number of carbonyl (C=O) groups excluding carboxylic acids is 1. The van der Waals surface area contributed by atoms with Crippen molar-refractivity contribution in [2.45, 2.75) is 6.54 Å². The summed E-state index contributed by atoms with van der Waals surface area (Å²) in [5.74, 6) is -0.524. The van der Waals surface area contributed by atoms with E-state index < -0.39 is 0 Å². The van der Waals surface area contributed by atoms with E-state index in [1.165, 1.54) is 29.5 Å². The number of carbonyl (C=O) groups is 1. The number of thiazole rings is 1. The van der Waals surface area contributed by atoms with Gasteiger partial charge in [0, 0.05) is 18.5 Å². The van der Waals surface area contributed by atoms with Crippen molar-refractivity contribution in [3.05, 3.63) is 96.1 Å². The molecule has 2 aromatic heterocycles. The Labute approximate surface area is 165 Å². The molecular weight excluding hydrogens is 373 g/mol. The predicted molar refractivity (Wildman–Crippen MR) is 110 cm³/mol. The van der Waals surface area contributed by atoms with Gasteiger partial charge in [-0.25, -0.2) is 9.37 Å². The first-order valence-corrected chi connectivity index (χ1v) is 9.50. The standard InChI is InChI=1S/C22H16FN3OS/c23-18-9-10-19-20(13-18)28-22(25-19)26(15-17-7-4-12-24-14-17)21(27)11-8-16-5-2-1-3-6-16/h1-14H,15H2/b11-8+. The predicted octanol–water partition coefficient (Wildman–Crippen LogP) is 5.08. The van der Waals surface area contributed by atoms with Crippen LogP contribution in [-0.2, 0) is 11.3 Å². The normalized spacial score (nSPS) is 11.2. The monoisotopic (exact) mass is 389 g/mol. The molecule has 1 amide bonds. The molecule has 0 aliphatic heterocycles. The van der Waals surface area contributed by atoms with Crippen LogP contribution in [0.15, 0.2) is 79.1 Å². The minimum atomic E-state index is -0.322. The van der Waals surface area contributed by atoms with E-state index in [4.69, 9.17) is 0 Å². The second-order valence-corrected chi connectivity index (χ2v) is 7.15. The van der Waals surface area contributed by atoms with Crippen molar-refractivity contribution in [1.29, 1.82) is 0 Å². The van der Waals surface area contributed by atoms with E-state index in [2.05, 4.69) is 9.97 Å². The van der Waals surface area contributed by atoms with E-state index >= 15 is 0 Å². The Hall–Kier alpha value is -3.38. The SMILES string of the molecule is O=C(/C=C/c1ccccc1)N(Cc1cccnc1)c1nc2ccc(F)cc2s1. The third kappa shape index (κ3) is 4.13. The molecule has 138 valence electrons. The van der Waals surface area contributed by atoms with Gasteiger partial charge in [0.05, 0.1) is 16.8 Å². The van der Waals surface area contributed by atoms with Gasteiger partial charge in [0.25, 0.3) is 5.91 Å². The Morgan fingerprint density at radius 1 is 1.11 bits per heavy atom. The number of benzene rings is 2. The molecule has 0 N–H and O–H groups in total. The van der Waals surface area contributed by atoms with Gasteiger partial charge < -0.3 is 0 Å². The molecule has 2 heterocycles. The molecule has 0 saturated carbocycles. The summed E-state index contributed by atoms with van der Waals surface area (Å²) in [4.78, 5) is 23.2. The first-order chi connectivity index (χ1) is 13.7. The molecule has 0 fully saturated rings. The maximum absolute atomic E-state index is 13.5. The summed E-state index contributed by atoms with van der Waals surface area (Å²) in [6, 6.07) is 17.8. The zero-order valence-corrected chi connectivity index (χ0v) is 15.6. The third-order valence-electron chi connectivity index (χ3n) is 4.12. The molecule has 6 heteroatoms. The average Bonchev–Trinajstić information content (AvgIpc) is 3.14. The average molecular weight is 389 g/mol. The van der Waals surface area contributed by atoms with Crippen LogP contribution in [0.25, 0.3) is 16.3 Å². The van der Waals surface area contributed by atoms with Gasteiger partial charge >= 0.3 is 0 Å². The Bertz CT molecular complexity index is 1130. The fraction of sp³-hybridized carbons (Fsp3) is 0.0455. The summed E-state index contributed by atoms with van der Waals surface area (Å²) in [7, 11) is 0. The van der Waals surface area contributed by atoms with Gasteiger partial charge in [0.1, 0.15) is 5.82 Å². The first kappa shape index (κ1) is 18.0. The van der Waals surface area contributed by atoms with Gasteiger partial charge in [-0.1, -0.05) is 47.7 Å². The highest BCUT2D eigenvalue weighted by Crippen LogP contribution is 2.30. The maximum atomic E-state index is 13.5. The number of nitrogens with zero attached hydrogens (tertiary/aromatic N) is 3. The number of halogens is 1. The molecule has 4 nitrogen and oxygen atoms in total. The molecule has 0 saturated heterocycles. The molecule has 4 rings (SSSR count).